The molecule has 1 aliphatic carbocycles. The van der Waals surface area contributed by atoms with Crippen molar-refractivity contribution in [3.8, 4) is 0 Å². The lowest BCUT2D eigenvalue weighted by atomic mass is 10.1. The van der Waals surface area contributed by atoms with Crippen molar-refractivity contribution in [2.75, 3.05) is 19.8 Å². The van der Waals surface area contributed by atoms with E-state index in [0.717, 1.165) is 30.1 Å². The van der Waals surface area contributed by atoms with Gasteiger partial charge in [0, 0.05) is 19.8 Å². The Labute approximate surface area is 120 Å². The predicted molar refractivity (Wildman–Crippen MR) is 79.3 cm³/mol. The second-order valence-corrected chi connectivity index (χ2v) is 5.55. The molecule has 1 fully saturated rings. The molecule has 0 radical (unpaired) electrons. The molecule has 1 aromatic carbocycles. The summed E-state index contributed by atoms with van der Waals surface area (Å²) in [4.78, 5) is 11.9. The molecule has 1 unspecified atom stereocenters. The van der Waals surface area contributed by atoms with Gasteiger partial charge in [0.05, 0.1) is 0 Å². The van der Waals surface area contributed by atoms with Gasteiger partial charge in [-0.1, -0.05) is 29.8 Å². The van der Waals surface area contributed by atoms with Crippen LogP contribution in [-0.2, 0) is 9.53 Å². The Kier molecular flexibility index (Phi) is 5.56. The number of benzene rings is 1. The van der Waals surface area contributed by atoms with Crippen LogP contribution < -0.4 is 11.1 Å². The molecule has 4 heteroatoms. The maximum absolute atomic E-state index is 11.9. The number of amides is 1. The number of nitrogens with one attached hydrogen (secondary N) is 1. The summed E-state index contributed by atoms with van der Waals surface area (Å²) < 4.78 is 5.52. The minimum absolute atomic E-state index is 0.129. The van der Waals surface area contributed by atoms with Crippen LogP contribution in [0.15, 0.2) is 24.3 Å². The molecule has 2 rings (SSSR count). The zero-order valence-corrected chi connectivity index (χ0v) is 12.1. The number of aryl methyl sites for hydroxylation is 1. The highest BCUT2D eigenvalue weighted by atomic mass is 16.5. The second kappa shape index (κ2) is 7.41. The average molecular weight is 276 g/mol. The zero-order valence-electron chi connectivity index (χ0n) is 12.1. The number of nitrogens with two attached hydrogens (primary N) is 1. The molecular formula is C16H24N2O2. The SMILES string of the molecule is Cc1ccc(C(N)C(=O)NCCCOCC2CC2)cc1. The lowest BCUT2D eigenvalue weighted by Crippen LogP contribution is -2.35. The number of carbonyl (C=O) groups is 1. The maximum atomic E-state index is 11.9. The molecule has 0 saturated heterocycles. The summed E-state index contributed by atoms with van der Waals surface area (Å²) in [7, 11) is 0. The number of carbonyl (C=O) groups excluding carboxylic acids is 1. The van der Waals surface area contributed by atoms with Crippen molar-refractivity contribution in [1.82, 2.24) is 5.32 Å². The minimum atomic E-state index is -0.594. The first-order valence-corrected chi connectivity index (χ1v) is 7.34. The van der Waals surface area contributed by atoms with Gasteiger partial charge < -0.3 is 15.8 Å². The van der Waals surface area contributed by atoms with E-state index in [2.05, 4.69) is 5.32 Å². The van der Waals surface area contributed by atoms with Crippen LogP contribution in [0.3, 0.4) is 0 Å². The molecule has 1 aliphatic rings. The Morgan fingerprint density at radius 2 is 2.10 bits per heavy atom. The third-order valence-electron chi connectivity index (χ3n) is 3.53. The Bertz CT molecular complexity index is 427. The summed E-state index contributed by atoms with van der Waals surface area (Å²) in [5.41, 5.74) is 7.94. The highest BCUT2D eigenvalue weighted by molar-refractivity contribution is 5.82. The molecular weight excluding hydrogens is 252 g/mol. The predicted octanol–water partition coefficient (Wildman–Crippen LogP) is 1.93. The summed E-state index contributed by atoms with van der Waals surface area (Å²) in [6, 6.07) is 7.14. The molecule has 20 heavy (non-hydrogen) atoms. The van der Waals surface area contributed by atoms with Gasteiger partial charge in [-0.3, -0.25) is 4.79 Å². The molecule has 1 amide bonds. The summed E-state index contributed by atoms with van der Waals surface area (Å²) in [6.07, 6.45) is 3.45. The van der Waals surface area contributed by atoms with Crippen LogP contribution in [0.25, 0.3) is 0 Å². The van der Waals surface area contributed by atoms with Gasteiger partial charge in [0.1, 0.15) is 6.04 Å². The van der Waals surface area contributed by atoms with Crippen LogP contribution in [0.4, 0.5) is 0 Å². The molecule has 110 valence electrons. The topological polar surface area (TPSA) is 64.4 Å². The minimum Gasteiger partial charge on any atom is -0.381 e. The summed E-state index contributed by atoms with van der Waals surface area (Å²) in [6.45, 7) is 4.20. The number of rotatable bonds is 8. The van der Waals surface area contributed by atoms with Gasteiger partial charge in [-0.2, -0.15) is 0 Å². The maximum Gasteiger partial charge on any atom is 0.241 e. The van der Waals surface area contributed by atoms with E-state index in [4.69, 9.17) is 10.5 Å². The van der Waals surface area contributed by atoms with Crippen molar-refractivity contribution in [2.45, 2.75) is 32.2 Å². The summed E-state index contributed by atoms with van der Waals surface area (Å²) in [5.74, 6) is 0.663. The molecule has 1 saturated carbocycles. The fourth-order valence-electron chi connectivity index (χ4n) is 1.96. The molecule has 0 aliphatic heterocycles. The van der Waals surface area contributed by atoms with Crippen LogP contribution >= 0.6 is 0 Å². The van der Waals surface area contributed by atoms with E-state index < -0.39 is 6.04 Å². The van der Waals surface area contributed by atoms with Crippen molar-refractivity contribution < 1.29 is 9.53 Å². The Morgan fingerprint density at radius 1 is 1.40 bits per heavy atom. The fraction of sp³-hybridized carbons (Fsp3) is 0.562. The Hall–Kier alpha value is -1.39. The van der Waals surface area contributed by atoms with E-state index >= 15 is 0 Å². The van der Waals surface area contributed by atoms with E-state index in [1.807, 2.05) is 31.2 Å². The number of hydrogen-bond acceptors (Lipinski definition) is 3. The molecule has 0 bridgehead atoms. The van der Waals surface area contributed by atoms with E-state index in [1.165, 1.54) is 12.8 Å². The molecule has 3 N–H and O–H groups in total. The largest absolute Gasteiger partial charge is 0.381 e. The molecule has 1 aromatic rings. The first kappa shape index (κ1) is 15.0. The first-order valence-electron chi connectivity index (χ1n) is 7.34. The van der Waals surface area contributed by atoms with E-state index in [0.29, 0.717) is 13.2 Å². The van der Waals surface area contributed by atoms with Crippen LogP contribution in [0, 0.1) is 12.8 Å². The van der Waals surface area contributed by atoms with E-state index in [-0.39, 0.29) is 5.91 Å². The molecule has 0 spiro atoms. The van der Waals surface area contributed by atoms with Gasteiger partial charge in [0.2, 0.25) is 5.91 Å². The van der Waals surface area contributed by atoms with Crippen molar-refractivity contribution in [3.05, 3.63) is 35.4 Å². The number of ether oxygens (including phenoxy) is 1. The van der Waals surface area contributed by atoms with Crippen LogP contribution in [0.2, 0.25) is 0 Å². The van der Waals surface area contributed by atoms with Crippen LogP contribution in [0.5, 0.6) is 0 Å². The third-order valence-corrected chi connectivity index (χ3v) is 3.53. The standard InChI is InChI=1S/C16H24N2O2/c1-12-3-7-14(8-4-12)15(17)16(19)18-9-2-10-20-11-13-5-6-13/h3-4,7-8,13,15H,2,5-6,9-11,17H2,1H3,(H,18,19). The Balaban J connectivity index is 1.61. The van der Waals surface area contributed by atoms with Gasteiger partial charge in [-0.15, -0.1) is 0 Å². The van der Waals surface area contributed by atoms with E-state index in [9.17, 15) is 4.79 Å². The molecule has 1 atom stereocenters. The summed E-state index contributed by atoms with van der Waals surface area (Å²) >= 11 is 0. The quantitative estimate of drug-likeness (QED) is 0.713. The second-order valence-electron chi connectivity index (χ2n) is 5.55. The smallest absolute Gasteiger partial charge is 0.241 e. The van der Waals surface area contributed by atoms with Gasteiger partial charge in [0.15, 0.2) is 0 Å². The lowest BCUT2D eigenvalue weighted by molar-refractivity contribution is -0.122. The lowest BCUT2D eigenvalue weighted by Gasteiger charge is -2.13. The van der Waals surface area contributed by atoms with Crippen molar-refractivity contribution in [3.63, 3.8) is 0 Å². The molecule has 0 aromatic heterocycles. The molecule has 0 heterocycles. The average Bonchev–Trinajstić information content (AvgIpc) is 3.26. The van der Waals surface area contributed by atoms with Gasteiger partial charge in [0.25, 0.3) is 0 Å². The Morgan fingerprint density at radius 3 is 2.75 bits per heavy atom. The monoisotopic (exact) mass is 276 g/mol. The molecule has 4 nitrogen and oxygen atoms in total. The first-order chi connectivity index (χ1) is 9.66. The van der Waals surface area contributed by atoms with Crippen molar-refractivity contribution >= 4 is 5.91 Å². The zero-order chi connectivity index (χ0) is 14.4. The van der Waals surface area contributed by atoms with Crippen molar-refractivity contribution in [2.24, 2.45) is 11.7 Å². The highest BCUT2D eigenvalue weighted by Crippen LogP contribution is 2.28. The van der Waals surface area contributed by atoms with Gasteiger partial charge >= 0.3 is 0 Å². The van der Waals surface area contributed by atoms with Gasteiger partial charge in [-0.05, 0) is 37.7 Å². The van der Waals surface area contributed by atoms with Crippen molar-refractivity contribution in [1.29, 1.82) is 0 Å². The normalized spacial score (nSPS) is 15.9. The summed E-state index contributed by atoms with van der Waals surface area (Å²) in [5, 5.41) is 2.86. The van der Waals surface area contributed by atoms with Crippen LogP contribution in [-0.4, -0.2) is 25.7 Å². The van der Waals surface area contributed by atoms with Crippen LogP contribution in [0.1, 0.15) is 36.4 Å². The van der Waals surface area contributed by atoms with E-state index in [1.54, 1.807) is 0 Å². The fourth-order valence-corrected chi connectivity index (χ4v) is 1.96. The van der Waals surface area contributed by atoms with Gasteiger partial charge in [-0.25, -0.2) is 0 Å². The third kappa shape index (κ3) is 4.94. The number of hydrogen-bond donors (Lipinski definition) is 2. The highest BCUT2D eigenvalue weighted by Gasteiger charge is 2.20.